The largest absolute Gasteiger partial charge is 0.400 e. The van der Waals surface area contributed by atoms with Crippen LogP contribution in [0.1, 0.15) is 33.4 Å². The molecule has 0 atom stereocenters. The van der Waals surface area contributed by atoms with Gasteiger partial charge in [0, 0.05) is 66.6 Å². The average Bonchev–Trinajstić information content (AvgIpc) is 3.21. The van der Waals surface area contributed by atoms with Gasteiger partial charge in [0.05, 0.1) is 4.75 Å². The molecule has 0 amide bonds. The molecular formula is C29H40N2O2S. The van der Waals surface area contributed by atoms with Crippen LogP contribution in [0.15, 0.2) is 60.7 Å². The monoisotopic (exact) mass is 480 g/mol. The number of thioether (sulfide) groups is 1. The highest BCUT2D eigenvalue weighted by Crippen LogP contribution is 2.57. The fraction of sp³-hybridized carbons (Fsp3) is 0.379. The first kappa shape index (κ1) is 27.8. The smallest absolute Gasteiger partial charge is 0.0918 e. The van der Waals surface area contributed by atoms with Gasteiger partial charge in [-0.2, -0.15) is 0 Å². The fourth-order valence-electron chi connectivity index (χ4n) is 4.49. The number of rotatable bonds is 4. The lowest BCUT2D eigenvalue weighted by atomic mass is 9.79. The second-order valence-electron chi connectivity index (χ2n) is 8.82. The molecule has 0 aromatic heterocycles. The molecule has 5 heteroatoms. The van der Waals surface area contributed by atoms with Gasteiger partial charge >= 0.3 is 0 Å². The number of aliphatic hydroxyl groups excluding tert-OH is 1. The van der Waals surface area contributed by atoms with E-state index < -0.39 is 0 Å². The Morgan fingerprint density at radius 2 is 1.18 bits per heavy atom. The van der Waals surface area contributed by atoms with E-state index in [2.05, 4.69) is 129 Å². The Morgan fingerprint density at radius 1 is 0.735 bits per heavy atom. The van der Waals surface area contributed by atoms with E-state index in [0.29, 0.717) is 0 Å². The van der Waals surface area contributed by atoms with E-state index in [1.165, 1.54) is 44.8 Å². The minimum atomic E-state index is -0.166. The second-order valence-corrected chi connectivity index (χ2v) is 10.0. The molecule has 3 aromatic carbocycles. The van der Waals surface area contributed by atoms with Gasteiger partial charge in [0.2, 0.25) is 0 Å². The Hall–Kier alpha value is -2.47. The number of anilines is 2. The molecule has 0 bridgehead atoms. The van der Waals surface area contributed by atoms with Crippen LogP contribution in [0.2, 0.25) is 0 Å². The Morgan fingerprint density at radius 3 is 1.59 bits per heavy atom. The van der Waals surface area contributed by atoms with Gasteiger partial charge in [-0.05, 0) is 71.5 Å². The number of hydrogen-bond donors (Lipinski definition) is 1. The highest BCUT2D eigenvalue weighted by molar-refractivity contribution is 8.00. The highest BCUT2D eigenvalue weighted by atomic mass is 32.2. The van der Waals surface area contributed by atoms with Gasteiger partial charge in [-0.3, -0.25) is 0 Å². The summed E-state index contributed by atoms with van der Waals surface area (Å²) >= 11 is 2.05. The lowest BCUT2D eigenvalue weighted by Crippen LogP contribution is -2.26. The van der Waals surface area contributed by atoms with E-state index in [4.69, 9.17) is 5.11 Å². The molecule has 184 valence electrons. The molecule has 4 nitrogen and oxygen atoms in total. The molecule has 1 aliphatic rings. The van der Waals surface area contributed by atoms with Gasteiger partial charge in [-0.25, -0.2) is 0 Å². The number of aryl methyl sites for hydroxylation is 2. The van der Waals surface area contributed by atoms with E-state index in [1.54, 1.807) is 14.2 Å². The predicted octanol–water partition coefficient (Wildman–Crippen LogP) is 5.85. The van der Waals surface area contributed by atoms with Crippen molar-refractivity contribution in [3.63, 3.8) is 0 Å². The van der Waals surface area contributed by atoms with E-state index in [9.17, 15) is 0 Å². The first-order valence-electron chi connectivity index (χ1n) is 11.4. The van der Waals surface area contributed by atoms with Gasteiger partial charge < -0.3 is 19.6 Å². The quantitative estimate of drug-likeness (QED) is 0.507. The molecule has 4 rings (SSSR count). The number of hydrogen-bond acceptors (Lipinski definition) is 5. The molecular weight excluding hydrogens is 440 g/mol. The van der Waals surface area contributed by atoms with Crippen LogP contribution >= 0.6 is 11.8 Å². The van der Waals surface area contributed by atoms with Gasteiger partial charge in [0.15, 0.2) is 0 Å². The van der Waals surface area contributed by atoms with Crippen molar-refractivity contribution in [3.8, 4) is 0 Å². The summed E-state index contributed by atoms with van der Waals surface area (Å²) in [5, 5.41) is 7.00. The molecule has 0 unspecified atom stereocenters. The van der Waals surface area contributed by atoms with Crippen LogP contribution in [-0.2, 0) is 15.2 Å². The highest BCUT2D eigenvalue weighted by Gasteiger charge is 2.44. The summed E-state index contributed by atoms with van der Waals surface area (Å²) in [6.07, 6.45) is 0. The predicted molar refractivity (Wildman–Crippen MR) is 150 cm³/mol. The molecule has 0 fully saturated rings. The number of fused-ring (bicyclic) bond motifs is 1. The maximum Gasteiger partial charge on any atom is 0.0918 e. The molecule has 0 radical (unpaired) electrons. The third kappa shape index (κ3) is 5.43. The van der Waals surface area contributed by atoms with Crippen molar-refractivity contribution in [2.45, 2.75) is 24.3 Å². The zero-order valence-corrected chi connectivity index (χ0v) is 23.0. The minimum absolute atomic E-state index is 0.166. The van der Waals surface area contributed by atoms with Crippen LogP contribution in [0.4, 0.5) is 11.4 Å². The van der Waals surface area contributed by atoms with E-state index in [0.717, 1.165) is 12.9 Å². The van der Waals surface area contributed by atoms with Crippen molar-refractivity contribution in [1.29, 1.82) is 0 Å². The lowest BCUT2D eigenvalue weighted by Gasteiger charge is -2.35. The van der Waals surface area contributed by atoms with Gasteiger partial charge in [-0.15, -0.1) is 11.8 Å². The third-order valence-electron chi connectivity index (χ3n) is 6.05. The van der Waals surface area contributed by atoms with E-state index >= 15 is 0 Å². The van der Waals surface area contributed by atoms with Crippen molar-refractivity contribution in [2.75, 3.05) is 59.3 Å². The number of nitrogens with zero attached hydrogens (tertiary/aromatic N) is 2. The Kier molecular flexibility index (Phi) is 10.0. The Balaban J connectivity index is 0.000000758. The molecule has 1 heterocycles. The molecule has 0 aliphatic carbocycles. The van der Waals surface area contributed by atoms with Crippen LogP contribution in [0, 0.1) is 13.8 Å². The summed E-state index contributed by atoms with van der Waals surface area (Å²) in [6, 6.07) is 22.8. The Bertz CT molecular complexity index is 1020. The van der Waals surface area contributed by atoms with Gasteiger partial charge in [0.1, 0.15) is 0 Å². The minimum Gasteiger partial charge on any atom is -0.400 e. The van der Waals surface area contributed by atoms with Gasteiger partial charge in [-0.1, -0.05) is 36.4 Å². The van der Waals surface area contributed by atoms with E-state index in [-0.39, 0.29) is 4.75 Å². The standard InChI is InChI=1S/C26H30N2S.C2H6O.CH4O/c1-18-15-21(27(3)4)11-13-23(18)26(25-10-8-7-9-20(25)17-29-26)24-14-12-22(28(5)6)16-19(24)2;1-3-2;1-2/h7-16H,17H2,1-6H3;1-2H3;2H,1H3. The van der Waals surface area contributed by atoms with Crippen LogP contribution in [0.5, 0.6) is 0 Å². The summed E-state index contributed by atoms with van der Waals surface area (Å²) in [4.78, 5) is 4.35. The second kappa shape index (κ2) is 12.3. The molecule has 3 aromatic rings. The summed E-state index contributed by atoms with van der Waals surface area (Å²) in [5.74, 6) is 1.04. The molecule has 1 N–H and O–H groups in total. The maximum absolute atomic E-state index is 7.00. The van der Waals surface area contributed by atoms with Gasteiger partial charge in [0.25, 0.3) is 0 Å². The summed E-state index contributed by atoms with van der Waals surface area (Å²) in [5.41, 5.74) is 10.9. The Labute approximate surface area is 210 Å². The number of ether oxygens (including phenoxy) is 1. The summed E-state index contributed by atoms with van der Waals surface area (Å²) < 4.78 is 4.08. The number of methoxy groups -OCH3 is 1. The first-order chi connectivity index (χ1) is 16.3. The number of aliphatic hydroxyl groups is 1. The zero-order valence-electron chi connectivity index (χ0n) is 22.1. The zero-order chi connectivity index (χ0) is 25.5. The van der Waals surface area contributed by atoms with Crippen molar-refractivity contribution in [3.05, 3.63) is 94.0 Å². The third-order valence-corrected chi connectivity index (χ3v) is 7.60. The maximum atomic E-state index is 7.00. The van der Waals surface area contributed by atoms with Crippen molar-refractivity contribution < 1.29 is 9.84 Å². The molecule has 0 spiro atoms. The SMILES string of the molecule is CO.COC.Cc1cc(N(C)C)ccc1C1(c2ccc(N(C)C)cc2C)SCc2ccccc21. The van der Waals surface area contributed by atoms with Crippen molar-refractivity contribution >= 4 is 23.1 Å². The average molecular weight is 481 g/mol. The molecule has 0 saturated heterocycles. The van der Waals surface area contributed by atoms with E-state index in [1.807, 2.05) is 0 Å². The van der Waals surface area contributed by atoms with Crippen LogP contribution in [0.3, 0.4) is 0 Å². The summed E-state index contributed by atoms with van der Waals surface area (Å²) in [6.45, 7) is 4.52. The fourth-order valence-corrected chi connectivity index (χ4v) is 6.23. The molecule has 34 heavy (non-hydrogen) atoms. The van der Waals surface area contributed by atoms with Crippen LogP contribution in [0.25, 0.3) is 0 Å². The van der Waals surface area contributed by atoms with Crippen molar-refractivity contribution in [2.24, 2.45) is 0 Å². The molecule has 0 saturated carbocycles. The lowest BCUT2D eigenvalue weighted by molar-refractivity contribution is 0.277. The number of benzene rings is 3. The topological polar surface area (TPSA) is 35.9 Å². The van der Waals surface area contributed by atoms with Crippen LogP contribution < -0.4 is 9.80 Å². The summed E-state index contributed by atoms with van der Waals surface area (Å²) in [7, 11) is 12.7. The van der Waals surface area contributed by atoms with Crippen molar-refractivity contribution in [1.82, 2.24) is 0 Å². The first-order valence-corrected chi connectivity index (χ1v) is 12.4. The van der Waals surface area contributed by atoms with Crippen LogP contribution in [-0.4, -0.2) is 54.6 Å². The normalized spacial score (nSPS) is 13.1. The molecule has 1 aliphatic heterocycles.